The summed E-state index contributed by atoms with van der Waals surface area (Å²) >= 11 is 0. The van der Waals surface area contributed by atoms with Crippen molar-refractivity contribution in [3.8, 4) is 39.1 Å². The van der Waals surface area contributed by atoms with Crippen molar-refractivity contribution in [1.29, 1.82) is 0 Å². The van der Waals surface area contributed by atoms with E-state index in [0.717, 1.165) is 89.4 Å². The zero-order valence-corrected chi connectivity index (χ0v) is 37.9. The highest BCUT2D eigenvalue weighted by Crippen LogP contribution is 2.64. The fourth-order valence-electron chi connectivity index (χ4n) is 11.6. The van der Waals surface area contributed by atoms with Crippen molar-refractivity contribution in [2.75, 3.05) is 9.80 Å². The number of fused-ring (bicyclic) bond motifs is 13. The maximum absolute atomic E-state index is 9.26. The van der Waals surface area contributed by atoms with Crippen molar-refractivity contribution in [2.24, 2.45) is 0 Å². The smallest absolute Gasteiger partial charge is 0.0727 e. The summed E-state index contributed by atoms with van der Waals surface area (Å²) in [6, 6.07) is 84.0. The standard InChI is InChI=1S/C67H45N3/c1-5-21-46(22-6-1)53-29-15-19-35-64(53)69(52-39-42-59-58-32-16-20-36-65(58)70(66(59)45-52)49-27-11-4-12-28-49)51-38-41-57-55-31-14-18-34-61(55)67(63(57)44-51)60-33-17-13-30-54(60)56-40-37-50(43-62(56)67)68(47-23-7-2-8-24-47)48-25-9-3-10-26-48/h1-45H/i2D,7D,8D,23D,24D. The minimum atomic E-state index is -0.819. The van der Waals surface area contributed by atoms with E-state index in [1.54, 1.807) is 0 Å². The van der Waals surface area contributed by atoms with Crippen molar-refractivity contribution >= 4 is 55.9 Å². The van der Waals surface area contributed by atoms with E-state index in [1.807, 2.05) is 41.3 Å². The number of rotatable bonds is 8. The number of hydrogen-bond acceptors (Lipinski definition) is 2. The van der Waals surface area contributed by atoms with Gasteiger partial charge in [-0.05, 0) is 135 Å². The summed E-state index contributed by atoms with van der Waals surface area (Å²) in [4.78, 5) is 4.24. The summed E-state index contributed by atoms with van der Waals surface area (Å²) in [6.45, 7) is 0. The molecule has 0 bridgehead atoms. The van der Waals surface area contributed by atoms with Gasteiger partial charge >= 0.3 is 0 Å². The lowest BCUT2D eigenvalue weighted by Crippen LogP contribution is -2.26. The van der Waals surface area contributed by atoms with Gasteiger partial charge in [-0.2, -0.15) is 0 Å². The van der Waals surface area contributed by atoms with Gasteiger partial charge in [0.25, 0.3) is 0 Å². The van der Waals surface area contributed by atoms with E-state index in [1.165, 1.54) is 10.8 Å². The van der Waals surface area contributed by atoms with Crippen LogP contribution < -0.4 is 9.80 Å². The number of nitrogens with zero attached hydrogens (tertiary/aromatic N) is 3. The summed E-state index contributed by atoms with van der Waals surface area (Å²) in [5.41, 5.74) is 18.1. The zero-order chi connectivity index (χ0) is 50.5. The van der Waals surface area contributed by atoms with Crippen LogP contribution in [0.5, 0.6) is 0 Å². The van der Waals surface area contributed by atoms with Gasteiger partial charge in [-0.25, -0.2) is 0 Å². The van der Waals surface area contributed by atoms with E-state index >= 15 is 0 Å². The number of hydrogen-bond donors (Lipinski definition) is 0. The van der Waals surface area contributed by atoms with Crippen LogP contribution in [0.1, 0.15) is 29.1 Å². The summed E-state index contributed by atoms with van der Waals surface area (Å²) in [6.07, 6.45) is 0. The molecule has 3 heteroatoms. The van der Waals surface area contributed by atoms with Crippen LogP contribution in [-0.4, -0.2) is 4.57 Å². The van der Waals surface area contributed by atoms with Gasteiger partial charge in [0.2, 0.25) is 0 Å². The van der Waals surface area contributed by atoms with Gasteiger partial charge in [-0.15, -0.1) is 0 Å². The van der Waals surface area contributed by atoms with E-state index in [9.17, 15) is 2.74 Å². The molecular weight excluding hydrogens is 847 g/mol. The first-order valence-corrected chi connectivity index (χ1v) is 23.8. The molecule has 12 aromatic rings. The van der Waals surface area contributed by atoms with Gasteiger partial charge in [0.1, 0.15) is 0 Å². The Kier molecular flexibility index (Phi) is 8.00. The van der Waals surface area contributed by atoms with Crippen molar-refractivity contribution in [1.82, 2.24) is 4.57 Å². The van der Waals surface area contributed by atoms with E-state index in [-0.39, 0.29) is 29.9 Å². The molecule has 70 heavy (non-hydrogen) atoms. The lowest BCUT2D eigenvalue weighted by molar-refractivity contribution is 0.793. The van der Waals surface area contributed by atoms with Gasteiger partial charge in [0.05, 0.1) is 29.0 Å². The molecule has 1 unspecified atom stereocenters. The SMILES string of the molecule is [2H]c1c([2H])c([2H])c(N(c2ccccc2)c2ccc3c(c2)C2(c4ccccc4-c4ccc(N(c5ccc6c7ccccc7n(-c7ccccc7)c6c5)c5ccccc5-c5ccccc5)cc42)c2ccccc2-3)c([2H])c1[2H]. The Balaban J connectivity index is 1.05. The van der Waals surface area contributed by atoms with E-state index in [4.69, 9.17) is 4.11 Å². The van der Waals surface area contributed by atoms with Crippen LogP contribution in [0.4, 0.5) is 34.1 Å². The Morgan fingerprint density at radius 3 is 1.51 bits per heavy atom. The van der Waals surface area contributed by atoms with E-state index in [0.29, 0.717) is 11.4 Å². The summed E-state index contributed by atoms with van der Waals surface area (Å²) in [7, 11) is 0. The van der Waals surface area contributed by atoms with Crippen LogP contribution in [0.15, 0.2) is 273 Å². The third-order valence-corrected chi connectivity index (χ3v) is 14.5. The highest BCUT2D eigenvalue weighted by molar-refractivity contribution is 6.11. The highest BCUT2D eigenvalue weighted by Gasteiger charge is 2.52. The second-order valence-electron chi connectivity index (χ2n) is 18.1. The molecule has 14 rings (SSSR count). The lowest BCUT2D eigenvalue weighted by Gasteiger charge is -2.33. The van der Waals surface area contributed by atoms with E-state index < -0.39 is 11.5 Å². The minimum Gasteiger partial charge on any atom is -0.310 e. The lowest BCUT2D eigenvalue weighted by atomic mass is 9.70. The van der Waals surface area contributed by atoms with Gasteiger partial charge in [0, 0.05) is 50.5 Å². The first-order chi connectivity index (χ1) is 36.8. The molecule has 0 N–H and O–H groups in total. The first kappa shape index (κ1) is 35.0. The Bertz CT molecular complexity index is 4230. The molecule has 2 aliphatic carbocycles. The molecular formula is C67H45N3. The summed E-state index contributed by atoms with van der Waals surface area (Å²) in [5, 5.41) is 2.35. The molecule has 0 saturated heterocycles. The van der Waals surface area contributed by atoms with Crippen molar-refractivity contribution < 1.29 is 6.85 Å². The number of benzene rings is 11. The second-order valence-corrected chi connectivity index (χ2v) is 18.1. The van der Waals surface area contributed by atoms with Crippen molar-refractivity contribution in [3.63, 3.8) is 0 Å². The number of para-hydroxylation sites is 5. The molecule has 0 saturated carbocycles. The monoisotopic (exact) mass is 896 g/mol. The average Bonchev–Trinajstić information content (AvgIpc) is 4.29. The minimum absolute atomic E-state index is 0.0854. The molecule has 1 aromatic heterocycles. The quantitative estimate of drug-likeness (QED) is 0.151. The maximum atomic E-state index is 9.26. The molecule has 2 aliphatic rings. The number of aromatic nitrogens is 1. The molecule has 0 aliphatic heterocycles. The van der Waals surface area contributed by atoms with Crippen LogP contribution in [0.3, 0.4) is 0 Å². The molecule has 1 spiro atoms. The molecule has 328 valence electrons. The predicted molar refractivity (Wildman–Crippen MR) is 292 cm³/mol. The average molecular weight is 897 g/mol. The fourth-order valence-corrected chi connectivity index (χ4v) is 11.6. The first-order valence-electron chi connectivity index (χ1n) is 26.3. The van der Waals surface area contributed by atoms with Crippen molar-refractivity contribution in [2.45, 2.75) is 5.41 Å². The van der Waals surface area contributed by atoms with Crippen LogP contribution in [-0.2, 0) is 5.41 Å². The molecule has 1 heterocycles. The molecule has 1 atom stereocenters. The van der Waals surface area contributed by atoms with Crippen LogP contribution in [0, 0.1) is 0 Å². The molecule has 3 nitrogen and oxygen atoms in total. The fraction of sp³-hybridized carbons (Fsp3) is 0.0149. The topological polar surface area (TPSA) is 11.4 Å². The van der Waals surface area contributed by atoms with Gasteiger partial charge in [-0.3, -0.25) is 0 Å². The van der Waals surface area contributed by atoms with Crippen molar-refractivity contribution in [3.05, 3.63) is 295 Å². The summed E-state index contributed by atoms with van der Waals surface area (Å²) in [5.74, 6) is 0. The molecule has 0 fully saturated rings. The third-order valence-electron chi connectivity index (χ3n) is 14.5. The van der Waals surface area contributed by atoms with Crippen LogP contribution >= 0.6 is 0 Å². The Morgan fingerprint density at radius 1 is 0.329 bits per heavy atom. The van der Waals surface area contributed by atoms with Crippen LogP contribution in [0.2, 0.25) is 0 Å². The Morgan fingerprint density at radius 2 is 0.829 bits per heavy atom. The molecule has 0 radical (unpaired) electrons. The number of anilines is 6. The zero-order valence-electron chi connectivity index (χ0n) is 42.9. The van der Waals surface area contributed by atoms with Gasteiger partial charge < -0.3 is 14.4 Å². The largest absolute Gasteiger partial charge is 0.310 e. The molecule has 0 amide bonds. The van der Waals surface area contributed by atoms with Gasteiger partial charge in [-0.1, -0.05) is 188 Å². The normalized spacial score (nSPS) is 15.1. The Labute approximate surface area is 415 Å². The van der Waals surface area contributed by atoms with Gasteiger partial charge in [0.15, 0.2) is 0 Å². The summed E-state index contributed by atoms with van der Waals surface area (Å²) < 4.78 is 46.9. The second kappa shape index (κ2) is 16.0. The Hall–Kier alpha value is -9.18. The molecule has 11 aromatic carbocycles. The maximum Gasteiger partial charge on any atom is 0.0727 e. The third kappa shape index (κ3) is 5.95. The van der Waals surface area contributed by atoms with Crippen LogP contribution in [0.25, 0.3) is 60.9 Å². The highest BCUT2D eigenvalue weighted by atomic mass is 15.2. The van der Waals surface area contributed by atoms with E-state index in [2.05, 4.69) is 216 Å². The predicted octanol–water partition coefficient (Wildman–Crippen LogP) is 17.7.